The molecule has 2 aliphatic heterocycles. The van der Waals surface area contributed by atoms with Gasteiger partial charge in [0.1, 0.15) is 62.6 Å². The first kappa shape index (κ1) is 54.2. The van der Waals surface area contributed by atoms with Gasteiger partial charge in [-0.3, -0.25) is 14.6 Å². The van der Waals surface area contributed by atoms with E-state index >= 15 is 0 Å². The molecule has 2 saturated carbocycles. The molecule has 26 heteroatoms. The first-order chi connectivity index (χ1) is 37.8. The van der Waals surface area contributed by atoms with E-state index in [0.717, 1.165) is 28.0 Å². The number of amides is 1. The molecular formula is C53H59F2N13O9S2. The first-order valence-electron chi connectivity index (χ1n) is 25.9. The largest absolute Gasteiger partial charge is 0.463 e. The molecule has 1 unspecified atom stereocenters. The van der Waals surface area contributed by atoms with Crippen molar-refractivity contribution < 1.29 is 53.0 Å². The number of nitrogens with zero attached hydrogens (tertiary/aromatic N) is 9. The lowest BCUT2D eigenvalue weighted by atomic mass is 9.89. The molecule has 416 valence electrons. The van der Waals surface area contributed by atoms with Crippen LogP contribution in [-0.2, 0) is 25.6 Å². The molecule has 7 aromatic rings. The Bertz CT molecular complexity index is 3450. The van der Waals surface area contributed by atoms with Crippen molar-refractivity contribution in [3.8, 4) is 27.0 Å². The Labute approximate surface area is 459 Å². The molecule has 2 saturated heterocycles. The second-order valence-corrected chi connectivity index (χ2v) is 23.2. The van der Waals surface area contributed by atoms with Crippen molar-refractivity contribution in [2.24, 2.45) is 11.8 Å². The summed E-state index contributed by atoms with van der Waals surface area (Å²) >= 11 is 2.68. The van der Waals surface area contributed by atoms with Gasteiger partial charge in [-0.2, -0.15) is 9.97 Å². The average Bonchev–Trinajstić information content (AvgIpc) is 4.41. The number of carbonyl (C=O) groups excluding carboxylic acids is 2. The van der Waals surface area contributed by atoms with Crippen molar-refractivity contribution in [2.75, 3.05) is 67.3 Å². The van der Waals surface area contributed by atoms with Crippen LogP contribution in [0, 0.1) is 44.2 Å². The summed E-state index contributed by atoms with van der Waals surface area (Å²) in [6.07, 6.45) is 0.289. The monoisotopic (exact) mass is 1120 g/mol. The molecule has 8 heterocycles. The van der Waals surface area contributed by atoms with E-state index in [9.17, 15) is 38.8 Å². The van der Waals surface area contributed by atoms with Gasteiger partial charge in [-0.05, 0) is 71.7 Å². The van der Waals surface area contributed by atoms with E-state index in [4.69, 9.17) is 39.1 Å². The lowest BCUT2D eigenvalue weighted by molar-refractivity contribution is -0.144. The molecule has 6 aromatic heterocycles. The smallest absolute Gasteiger partial charge is 0.248 e. The Balaban J connectivity index is 0.937. The van der Waals surface area contributed by atoms with Gasteiger partial charge in [0.25, 0.3) is 0 Å². The zero-order valence-corrected chi connectivity index (χ0v) is 45.4. The Kier molecular flexibility index (Phi) is 14.9. The molecule has 79 heavy (non-hydrogen) atoms. The number of fused-ring (bicyclic) bond motifs is 2. The molecule has 8 N–H and O–H groups in total. The van der Waals surface area contributed by atoms with Crippen LogP contribution in [0.3, 0.4) is 0 Å². The van der Waals surface area contributed by atoms with Gasteiger partial charge in [0.2, 0.25) is 23.7 Å². The fraction of sp³-hybridized carbons (Fsp3) is 0.472. The lowest BCUT2D eigenvalue weighted by Crippen LogP contribution is -2.45. The zero-order chi connectivity index (χ0) is 55.5. The van der Waals surface area contributed by atoms with Crippen LogP contribution < -0.4 is 26.0 Å². The highest BCUT2D eigenvalue weighted by atomic mass is 32.1. The summed E-state index contributed by atoms with van der Waals surface area (Å²) in [5.74, 6) is -2.80. The van der Waals surface area contributed by atoms with Gasteiger partial charge in [0.15, 0.2) is 11.9 Å². The number of halogens is 2. The minimum Gasteiger partial charge on any atom is -0.463 e. The van der Waals surface area contributed by atoms with Crippen LogP contribution in [0.4, 0.5) is 32.3 Å². The normalized spacial score (nSPS) is 24.5. The molecule has 0 radical (unpaired) electrons. The van der Waals surface area contributed by atoms with Gasteiger partial charge in [0, 0.05) is 63.1 Å². The Morgan fingerprint density at radius 2 is 1.44 bits per heavy atom. The van der Waals surface area contributed by atoms with Crippen LogP contribution in [0.1, 0.15) is 55.8 Å². The van der Waals surface area contributed by atoms with Crippen molar-refractivity contribution in [3.05, 3.63) is 77.0 Å². The maximum absolute atomic E-state index is 14.8. The van der Waals surface area contributed by atoms with E-state index in [1.807, 2.05) is 19.9 Å². The van der Waals surface area contributed by atoms with Crippen molar-refractivity contribution >= 4 is 78.3 Å². The third kappa shape index (κ3) is 11.0. The SMILES string of the molecule is Cc1nc(NCC2(O)CCOC2)nc(N[C@@H]2C[C@H](C(C)(C)O)C(=O)[C@H]2Oc2nccc3sc(-c4c(C)nc(NCc5c(F)cccc5F)nc4N[C@@H]4C[C@H](CN5CCOCC5=O)[C@@H](O)[C@H]4O)nc23)c1-c1nc2c(C)nccc2s1. The number of thiazole rings is 2. The third-order valence-corrected chi connectivity index (χ3v) is 17.1. The summed E-state index contributed by atoms with van der Waals surface area (Å²) in [6.45, 7) is 9.76. The number of pyridine rings is 2. The number of hydrogen-bond acceptors (Lipinski definition) is 23. The van der Waals surface area contributed by atoms with Crippen LogP contribution in [0.5, 0.6) is 5.88 Å². The number of carbonyl (C=O) groups is 2. The summed E-state index contributed by atoms with van der Waals surface area (Å²) in [7, 11) is 0. The minimum atomic E-state index is -1.47. The fourth-order valence-electron chi connectivity index (χ4n) is 10.7. The summed E-state index contributed by atoms with van der Waals surface area (Å²) < 4.78 is 48.6. The summed E-state index contributed by atoms with van der Waals surface area (Å²) in [4.78, 5) is 67.2. The van der Waals surface area contributed by atoms with Crippen LogP contribution in [0.25, 0.3) is 41.6 Å². The van der Waals surface area contributed by atoms with Gasteiger partial charge in [-0.25, -0.2) is 33.7 Å². The molecule has 11 rings (SSSR count). The lowest BCUT2D eigenvalue weighted by Gasteiger charge is -2.30. The van der Waals surface area contributed by atoms with Gasteiger partial charge in [-0.1, -0.05) is 6.07 Å². The minimum absolute atomic E-state index is 0.00211. The zero-order valence-electron chi connectivity index (χ0n) is 43.8. The molecule has 0 bridgehead atoms. The number of aryl methyl sites for hydroxylation is 3. The molecule has 2 aliphatic carbocycles. The third-order valence-electron chi connectivity index (χ3n) is 15.1. The fourth-order valence-corrected chi connectivity index (χ4v) is 12.9. The average molecular weight is 1120 g/mol. The summed E-state index contributed by atoms with van der Waals surface area (Å²) in [5.41, 5.74) is 0.824. The van der Waals surface area contributed by atoms with Crippen LogP contribution in [-0.4, -0.2) is 165 Å². The van der Waals surface area contributed by atoms with Crippen molar-refractivity contribution in [1.29, 1.82) is 0 Å². The predicted molar refractivity (Wildman–Crippen MR) is 290 cm³/mol. The number of benzene rings is 1. The molecule has 8 atom stereocenters. The van der Waals surface area contributed by atoms with Gasteiger partial charge < -0.3 is 60.8 Å². The number of morpholine rings is 1. The quantitative estimate of drug-likeness (QED) is 0.0598. The summed E-state index contributed by atoms with van der Waals surface area (Å²) in [6, 6.07) is 5.59. The number of aromatic nitrogens is 8. The van der Waals surface area contributed by atoms with E-state index < -0.39 is 70.9 Å². The van der Waals surface area contributed by atoms with Crippen LogP contribution in [0.2, 0.25) is 0 Å². The Morgan fingerprint density at radius 3 is 2.09 bits per heavy atom. The number of ether oxygens (including phenoxy) is 3. The van der Waals surface area contributed by atoms with Gasteiger partial charge in [0.05, 0.1) is 80.5 Å². The maximum atomic E-state index is 14.8. The second-order valence-electron chi connectivity index (χ2n) is 21.1. The number of aliphatic hydroxyl groups is 4. The number of Topliss-reactive ketones (excluding diaryl/α,β-unsaturated/α-hetero) is 1. The number of nitrogens with one attached hydrogen (secondary N) is 4. The van der Waals surface area contributed by atoms with E-state index in [2.05, 4.69) is 36.2 Å². The predicted octanol–water partition coefficient (Wildman–Crippen LogP) is 4.96. The molecular weight excluding hydrogens is 1060 g/mol. The van der Waals surface area contributed by atoms with E-state index in [0.29, 0.717) is 69.2 Å². The highest BCUT2D eigenvalue weighted by Crippen LogP contribution is 2.43. The van der Waals surface area contributed by atoms with E-state index in [1.165, 1.54) is 34.9 Å². The molecule has 1 aromatic carbocycles. The number of anilines is 4. The van der Waals surface area contributed by atoms with E-state index in [1.54, 1.807) is 37.9 Å². The van der Waals surface area contributed by atoms with Crippen LogP contribution >= 0.6 is 22.7 Å². The molecule has 22 nitrogen and oxygen atoms in total. The number of hydrogen-bond donors (Lipinski definition) is 8. The maximum Gasteiger partial charge on any atom is 0.248 e. The topological polar surface area (TPSA) is 297 Å². The highest BCUT2D eigenvalue weighted by Gasteiger charge is 2.51. The van der Waals surface area contributed by atoms with Gasteiger partial charge >= 0.3 is 0 Å². The number of aliphatic hydroxyl groups excluding tert-OH is 2. The van der Waals surface area contributed by atoms with Crippen LogP contribution in [0.15, 0.2) is 42.7 Å². The first-order valence-corrected chi connectivity index (χ1v) is 27.6. The van der Waals surface area contributed by atoms with Gasteiger partial charge in [-0.15, -0.1) is 22.7 Å². The van der Waals surface area contributed by atoms with Crippen molar-refractivity contribution in [3.63, 3.8) is 0 Å². The number of rotatable bonds is 17. The van der Waals surface area contributed by atoms with E-state index in [-0.39, 0.29) is 86.3 Å². The molecule has 4 fully saturated rings. The second kappa shape index (κ2) is 21.7. The molecule has 0 spiro atoms. The molecule has 1 amide bonds. The van der Waals surface area contributed by atoms with Crippen molar-refractivity contribution in [2.45, 2.75) is 102 Å². The molecule has 4 aliphatic rings. The summed E-state index contributed by atoms with van der Waals surface area (Å²) in [5, 5.41) is 59.4. The standard InChI is InChI=1S/C53H59F2N13O9S2/c1-24-37(45(66-50(60-24)58-19-28-30(54)7-6-8-31(28)55)62-32-17-27(41(70)43(32)72)20-68-14-16-75-21-36(68)69)49-65-40-35(79-49)10-13-57-47(40)77-44-33(18-29(42(44)71)52(4,5)73)63-46-38(48-64-39-26(3)56-12-9-34(39)78-48)25(2)61-51(67-46)59-22-53(74)11-15-76-23-53/h6-10,12-13,27,29,32-33,41,43-44,70,72-74H,11,14-23H2,1-5H3,(H2,58,60,62,66)(H2,59,61,63,67)/t27-,29+,32-,33-,41-,43+,44+,53?/m1/s1. The Morgan fingerprint density at radius 1 is 0.797 bits per heavy atom. The number of ketones is 1. The highest BCUT2D eigenvalue weighted by molar-refractivity contribution is 7.22. The Hall–Kier alpha value is -6.78. The van der Waals surface area contributed by atoms with Crippen molar-refractivity contribution in [1.82, 2.24) is 44.8 Å².